The van der Waals surface area contributed by atoms with Gasteiger partial charge < -0.3 is 20.8 Å². The number of hydrogen-bond donors (Lipinski definition) is 4. The molecule has 0 radical (unpaired) electrons. The topological polar surface area (TPSA) is 98.7 Å². The van der Waals surface area contributed by atoms with Gasteiger partial charge in [0, 0.05) is 29.8 Å². The van der Waals surface area contributed by atoms with Crippen LogP contribution in [0, 0.1) is 23.7 Å². The second kappa shape index (κ2) is 9.21. The molecule has 6 rings (SSSR count). The van der Waals surface area contributed by atoms with Gasteiger partial charge in [0.15, 0.2) is 0 Å². The highest BCUT2D eigenvalue weighted by Crippen LogP contribution is 2.48. The molecule has 0 aromatic heterocycles. The van der Waals surface area contributed by atoms with Gasteiger partial charge in [-0.25, -0.2) is 0 Å². The Labute approximate surface area is 206 Å². The first kappa shape index (κ1) is 23.0. The zero-order chi connectivity index (χ0) is 24.1. The first-order chi connectivity index (χ1) is 17.0. The number of benzene rings is 2. The van der Waals surface area contributed by atoms with E-state index in [9.17, 15) is 19.8 Å². The Balaban J connectivity index is 1.48. The molecule has 0 bridgehead atoms. The van der Waals surface area contributed by atoms with Crippen LogP contribution in [-0.2, 0) is 9.59 Å². The van der Waals surface area contributed by atoms with E-state index >= 15 is 0 Å². The van der Waals surface area contributed by atoms with Crippen molar-refractivity contribution >= 4 is 22.6 Å². The van der Waals surface area contributed by atoms with Crippen LogP contribution in [0.5, 0.6) is 0 Å². The molecule has 4 fully saturated rings. The van der Waals surface area contributed by atoms with Gasteiger partial charge in [0.1, 0.15) is 0 Å². The second-order valence-electron chi connectivity index (χ2n) is 11.3. The molecule has 2 amide bonds. The average molecular weight is 477 g/mol. The lowest BCUT2D eigenvalue weighted by atomic mass is 9.61. The van der Waals surface area contributed by atoms with E-state index in [0.717, 1.165) is 67.7 Å². The van der Waals surface area contributed by atoms with Gasteiger partial charge in [-0.2, -0.15) is 0 Å². The average Bonchev–Trinajstić information content (AvgIpc) is 2.87. The van der Waals surface area contributed by atoms with Gasteiger partial charge in [0.25, 0.3) is 0 Å². The first-order valence-electron chi connectivity index (χ1n) is 13.5. The minimum absolute atomic E-state index is 0.0106. The second-order valence-corrected chi connectivity index (χ2v) is 11.3. The summed E-state index contributed by atoms with van der Waals surface area (Å²) in [7, 11) is 0. The molecule has 4 aliphatic rings. The Kier molecular flexibility index (Phi) is 6.05. The Morgan fingerprint density at radius 2 is 1.20 bits per heavy atom. The summed E-state index contributed by atoms with van der Waals surface area (Å²) < 4.78 is 0. The maximum Gasteiger partial charge on any atom is 0.226 e. The number of hydrogen-bond acceptors (Lipinski definition) is 4. The molecular weight excluding hydrogens is 440 g/mol. The van der Waals surface area contributed by atoms with Crippen molar-refractivity contribution in [3.05, 3.63) is 48.0 Å². The number of rotatable bonds is 3. The van der Waals surface area contributed by atoms with Crippen molar-refractivity contribution in [3.63, 3.8) is 0 Å². The van der Waals surface area contributed by atoms with Gasteiger partial charge in [-0.05, 0) is 42.0 Å². The van der Waals surface area contributed by atoms with Gasteiger partial charge in [-0.1, -0.05) is 68.1 Å². The van der Waals surface area contributed by atoms with E-state index in [2.05, 4.69) is 10.6 Å². The van der Waals surface area contributed by atoms with Crippen molar-refractivity contribution in [1.82, 2.24) is 10.6 Å². The predicted molar refractivity (Wildman–Crippen MR) is 133 cm³/mol. The quantitative estimate of drug-likeness (QED) is 0.547. The molecule has 4 N–H and O–H groups in total. The summed E-state index contributed by atoms with van der Waals surface area (Å²) >= 11 is 0. The Morgan fingerprint density at radius 3 is 1.80 bits per heavy atom. The number of carbonyl (C=O) groups is 2. The summed E-state index contributed by atoms with van der Waals surface area (Å²) in [4.78, 5) is 27.3. The summed E-state index contributed by atoms with van der Waals surface area (Å²) in [5, 5.41) is 31.8. The molecule has 8 atom stereocenters. The van der Waals surface area contributed by atoms with Gasteiger partial charge in [-0.15, -0.1) is 0 Å². The summed E-state index contributed by atoms with van der Waals surface area (Å²) in [5.41, 5.74) is 0.866. The molecule has 35 heavy (non-hydrogen) atoms. The molecule has 2 aliphatic heterocycles. The molecule has 2 aromatic carbocycles. The van der Waals surface area contributed by atoms with Gasteiger partial charge in [-0.3, -0.25) is 9.59 Å². The molecule has 2 saturated heterocycles. The Morgan fingerprint density at radius 1 is 0.686 bits per heavy atom. The van der Waals surface area contributed by atoms with E-state index in [-0.39, 0.29) is 35.7 Å². The predicted octanol–water partition coefficient (Wildman–Crippen LogP) is 3.25. The normalized spacial score (nSPS) is 38.1. The van der Waals surface area contributed by atoms with E-state index < -0.39 is 30.0 Å². The third-order valence-corrected chi connectivity index (χ3v) is 9.47. The largest absolute Gasteiger partial charge is 0.392 e. The van der Waals surface area contributed by atoms with E-state index in [1.165, 1.54) is 0 Å². The molecule has 2 heterocycles. The van der Waals surface area contributed by atoms with E-state index in [0.29, 0.717) is 0 Å². The molecule has 186 valence electrons. The number of aliphatic hydroxyl groups excluding tert-OH is 2. The fraction of sp³-hybridized carbons (Fsp3) is 0.586. The van der Waals surface area contributed by atoms with Gasteiger partial charge in [0.05, 0.1) is 24.0 Å². The lowest BCUT2D eigenvalue weighted by Gasteiger charge is -2.50. The van der Waals surface area contributed by atoms with Gasteiger partial charge >= 0.3 is 0 Å². The Hall–Kier alpha value is -2.44. The molecule has 6 heteroatoms. The van der Waals surface area contributed by atoms with Gasteiger partial charge in [0.2, 0.25) is 11.8 Å². The van der Waals surface area contributed by atoms with E-state index in [1.54, 1.807) is 0 Å². The van der Waals surface area contributed by atoms with Crippen molar-refractivity contribution in [2.75, 3.05) is 0 Å². The van der Waals surface area contributed by atoms with Crippen molar-refractivity contribution in [2.24, 2.45) is 23.7 Å². The molecular formula is C29H36N2O4. The summed E-state index contributed by atoms with van der Waals surface area (Å²) in [6.45, 7) is 0. The van der Waals surface area contributed by atoms with Crippen LogP contribution >= 0.6 is 0 Å². The lowest BCUT2D eigenvalue weighted by molar-refractivity contribution is -0.150. The molecule has 8 unspecified atom stereocenters. The minimum atomic E-state index is -0.845. The summed E-state index contributed by atoms with van der Waals surface area (Å²) in [6.07, 6.45) is 6.00. The van der Waals surface area contributed by atoms with Crippen molar-refractivity contribution < 1.29 is 19.8 Å². The van der Waals surface area contributed by atoms with E-state index in [4.69, 9.17) is 0 Å². The zero-order valence-electron chi connectivity index (χ0n) is 20.1. The van der Waals surface area contributed by atoms with Crippen molar-refractivity contribution in [2.45, 2.75) is 81.6 Å². The lowest BCUT2D eigenvalue weighted by Crippen LogP contribution is -2.64. The summed E-state index contributed by atoms with van der Waals surface area (Å²) in [6, 6.07) is 13.9. The molecule has 6 nitrogen and oxygen atoms in total. The van der Waals surface area contributed by atoms with E-state index in [1.807, 2.05) is 42.5 Å². The SMILES string of the molecule is O=C1NC2CCCCC2C(O)C1C(c1cccc2ccccc12)C1C(=O)NC2CCCCC2C1O. The maximum atomic E-state index is 13.7. The Bertz CT molecular complexity index is 1070. The van der Waals surface area contributed by atoms with Crippen LogP contribution in [0.4, 0.5) is 0 Å². The smallest absolute Gasteiger partial charge is 0.226 e. The molecule has 2 saturated carbocycles. The highest BCUT2D eigenvalue weighted by atomic mass is 16.3. The monoisotopic (exact) mass is 476 g/mol. The van der Waals surface area contributed by atoms with Crippen LogP contribution < -0.4 is 10.6 Å². The number of fused-ring (bicyclic) bond motifs is 3. The number of aliphatic hydroxyl groups is 2. The highest BCUT2D eigenvalue weighted by molar-refractivity contribution is 5.91. The van der Waals surface area contributed by atoms with Crippen molar-refractivity contribution in [1.29, 1.82) is 0 Å². The zero-order valence-corrected chi connectivity index (χ0v) is 20.1. The standard InChI is InChI=1S/C29H36N2O4/c32-26-19-11-3-5-14-21(19)30-28(34)24(26)23(18-13-7-9-16-8-1-2-10-17(16)18)25-27(33)20-12-4-6-15-22(20)31-29(25)35/h1-2,7-10,13,19-27,32-33H,3-6,11-12,14-15H2,(H,30,34)(H,31,35). The summed E-state index contributed by atoms with van der Waals surface area (Å²) in [5.74, 6) is -2.60. The highest BCUT2D eigenvalue weighted by Gasteiger charge is 2.55. The van der Waals surface area contributed by atoms with Crippen LogP contribution in [0.1, 0.15) is 62.8 Å². The van der Waals surface area contributed by atoms with Crippen LogP contribution in [-0.4, -0.2) is 46.3 Å². The number of amides is 2. The first-order valence-corrected chi connectivity index (χ1v) is 13.5. The van der Waals surface area contributed by atoms with Crippen molar-refractivity contribution in [3.8, 4) is 0 Å². The number of piperidine rings is 2. The van der Waals surface area contributed by atoms with Crippen LogP contribution in [0.15, 0.2) is 42.5 Å². The fourth-order valence-corrected chi connectivity index (χ4v) is 7.80. The third-order valence-electron chi connectivity index (χ3n) is 9.47. The fourth-order valence-electron chi connectivity index (χ4n) is 7.80. The minimum Gasteiger partial charge on any atom is -0.392 e. The molecule has 2 aromatic rings. The third kappa shape index (κ3) is 3.86. The molecule has 0 spiro atoms. The van der Waals surface area contributed by atoms with Crippen LogP contribution in [0.25, 0.3) is 10.8 Å². The molecule has 2 aliphatic carbocycles. The maximum absolute atomic E-state index is 13.7. The number of carbonyl (C=O) groups excluding carboxylic acids is 2. The number of nitrogens with one attached hydrogen (secondary N) is 2. The van der Waals surface area contributed by atoms with Crippen LogP contribution in [0.3, 0.4) is 0 Å². The van der Waals surface area contributed by atoms with Crippen LogP contribution in [0.2, 0.25) is 0 Å².